The summed E-state index contributed by atoms with van der Waals surface area (Å²) in [7, 11) is 4.89. The van der Waals surface area contributed by atoms with Crippen molar-refractivity contribution in [2.45, 2.75) is 38.3 Å². The number of nitrogens with zero attached hydrogens (tertiary/aromatic N) is 2. The molecule has 4 rings (SSSR count). The summed E-state index contributed by atoms with van der Waals surface area (Å²) < 4.78 is 16.5. The van der Waals surface area contributed by atoms with Crippen LogP contribution in [0.1, 0.15) is 37.2 Å². The van der Waals surface area contributed by atoms with Crippen molar-refractivity contribution < 1.29 is 23.5 Å². The summed E-state index contributed by atoms with van der Waals surface area (Å²) in [6.07, 6.45) is 1.29. The third-order valence-electron chi connectivity index (χ3n) is 5.85. The molecule has 29 heavy (non-hydrogen) atoms. The van der Waals surface area contributed by atoms with Crippen molar-refractivity contribution in [2.24, 2.45) is 5.92 Å². The first-order valence-corrected chi connectivity index (χ1v) is 9.80. The van der Waals surface area contributed by atoms with Gasteiger partial charge in [0.15, 0.2) is 0 Å². The Morgan fingerprint density at radius 3 is 2.59 bits per heavy atom. The first-order chi connectivity index (χ1) is 13.9. The van der Waals surface area contributed by atoms with Crippen LogP contribution in [0.2, 0.25) is 0 Å². The number of hydrogen-bond donors (Lipinski definition) is 0. The molecule has 1 aromatic carbocycles. The molecule has 1 aliphatic heterocycles. The van der Waals surface area contributed by atoms with Gasteiger partial charge in [0.2, 0.25) is 5.91 Å². The fourth-order valence-corrected chi connectivity index (χ4v) is 3.94. The molecule has 7 nitrogen and oxygen atoms in total. The normalized spacial score (nSPS) is 23.8. The maximum Gasteiger partial charge on any atom is 0.251 e. The van der Waals surface area contributed by atoms with Crippen LogP contribution in [0.15, 0.2) is 34.7 Å². The van der Waals surface area contributed by atoms with Crippen molar-refractivity contribution in [3.05, 3.63) is 41.9 Å². The van der Waals surface area contributed by atoms with Gasteiger partial charge in [0.05, 0.1) is 38.9 Å². The molecule has 2 fully saturated rings. The second-order valence-electron chi connectivity index (χ2n) is 7.86. The average Bonchev–Trinajstić information content (AvgIpc) is 3.13. The maximum atomic E-state index is 13.1. The van der Waals surface area contributed by atoms with Gasteiger partial charge in [0, 0.05) is 12.0 Å². The molecule has 1 saturated heterocycles. The van der Waals surface area contributed by atoms with Crippen LogP contribution in [-0.4, -0.2) is 44.0 Å². The molecule has 7 heteroatoms. The lowest BCUT2D eigenvalue weighted by Crippen LogP contribution is -2.39. The van der Waals surface area contributed by atoms with Gasteiger partial charge in [-0.1, -0.05) is 6.92 Å². The Morgan fingerprint density at radius 1 is 1.17 bits per heavy atom. The second kappa shape index (κ2) is 7.55. The first kappa shape index (κ1) is 19.5. The van der Waals surface area contributed by atoms with Gasteiger partial charge in [-0.25, -0.2) is 4.90 Å². The van der Waals surface area contributed by atoms with Gasteiger partial charge in [0.25, 0.3) is 5.91 Å². The lowest BCUT2D eigenvalue weighted by molar-refractivity contribution is -0.122. The molecule has 2 heterocycles. The van der Waals surface area contributed by atoms with E-state index >= 15 is 0 Å². The van der Waals surface area contributed by atoms with Crippen LogP contribution >= 0.6 is 0 Å². The number of carbonyl (C=O) groups excluding carboxylic acids is 2. The van der Waals surface area contributed by atoms with Gasteiger partial charge in [0.1, 0.15) is 23.0 Å². The Hall–Kier alpha value is -2.80. The van der Waals surface area contributed by atoms with Crippen LogP contribution in [0.5, 0.6) is 11.5 Å². The van der Waals surface area contributed by atoms with Crippen LogP contribution < -0.4 is 14.4 Å². The number of ether oxygens (including phenoxy) is 2. The summed E-state index contributed by atoms with van der Waals surface area (Å²) in [5.41, 5.74) is 0.433. The summed E-state index contributed by atoms with van der Waals surface area (Å²) in [6.45, 7) is 2.68. The van der Waals surface area contributed by atoms with E-state index in [1.807, 2.05) is 24.1 Å². The minimum atomic E-state index is -0.539. The molecule has 0 N–H and O–H groups in total. The first-order valence-electron chi connectivity index (χ1n) is 9.80. The van der Waals surface area contributed by atoms with Crippen LogP contribution in [0.4, 0.5) is 5.69 Å². The number of furan rings is 1. The molecule has 0 spiro atoms. The number of benzene rings is 1. The minimum absolute atomic E-state index is 0.123. The molecule has 0 bridgehead atoms. The van der Waals surface area contributed by atoms with Crippen molar-refractivity contribution in [1.82, 2.24) is 4.90 Å². The molecule has 2 amide bonds. The van der Waals surface area contributed by atoms with E-state index in [1.165, 1.54) is 12.0 Å². The fraction of sp³-hybridized carbons (Fsp3) is 0.455. The molecule has 2 aromatic rings. The van der Waals surface area contributed by atoms with E-state index < -0.39 is 6.04 Å². The van der Waals surface area contributed by atoms with E-state index in [0.717, 1.165) is 17.9 Å². The fourth-order valence-electron chi connectivity index (χ4n) is 3.94. The van der Waals surface area contributed by atoms with Crippen molar-refractivity contribution in [1.29, 1.82) is 0 Å². The summed E-state index contributed by atoms with van der Waals surface area (Å²) in [5.74, 6) is 3.52. The predicted molar refractivity (Wildman–Crippen MR) is 107 cm³/mol. The average molecular weight is 398 g/mol. The highest BCUT2D eigenvalue weighted by Crippen LogP contribution is 2.47. The third kappa shape index (κ3) is 3.62. The van der Waals surface area contributed by atoms with E-state index in [0.29, 0.717) is 35.6 Å². The number of methoxy groups -OCH3 is 2. The van der Waals surface area contributed by atoms with Gasteiger partial charge >= 0.3 is 0 Å². The van der Waals surface area contributed by atoms with E-state index in [-0.39, 0.29) is 18.2 Å². The molecule has 3 atom stereocenters. The Kier molecular flexibility index (Phi) is 5.08. The van der Waals surface area contributed by atoms with Crippen molar-refractivity contribution in [2.75, 3.05) is 26.2 Å². The summed E-state index contributed by atoms with van der Waals surface area (Å²) in [4.78, 5) is 28.8. The van der Waals surface area contributed by atoms with E-state index in [1.54, 1.807) is 25.3 Å². The van der Waals surface area contributed by atoms with Crippen molar-refractivity contribution in [3.8, 4) is 11.5 Å². The van der Waals surface area contributed by atoms with E-state index in [4.69, 9.17) is 13.9 Å². The van der Waals surface area contributed by atoms with Crippen LogP contribution in [0.25, 0.3) is 0 Å². The van der Waals surface area contributed by atoms with Crippen molar-refractivity contribution >= 4 is 17.5 Å². The van der Waals surface area contributed by atoms with Gasteiger partial charge in [-0.2, -0.15) is 0 Å². The number of hydrogen-bond acceptors (Lipinski definition) is 6. The van der Waals surface area contributed by atoms with Gasteiger partial charge in [-0.15, -0.1) is 0 Å². The Balaban J connectivity index is 1.49. The zero-order valence-electron chi connectivity index (χ0n) is 17.2. The highest BCUT2D eigenvalue weighted by molar-refractivity contribution is 6.23. The number of carbonyl (C=O) groups is 2. The highest BCUT2D eigenvalue weighted by Gasteiger charge is 2.43. The second-order valence-corrected chi connectivity index (χ2v) is 7.86. The van der Waals surface area contributed by atoms with Gasteiger partial charge in [-0.05, 0) is 43.7 Å². The monoisotopic (exact) mass is 398 g/mol. The molecule has 2 aliphatic rings. The standard InChI is InChI=1S/C22H26N2O5/c1-13-9-16(13)19-8-6-15(29-19)12-23(2)18-11-21(25)24(22(18)26)17-7-5-14(27-3)10-20(17)28-4/h5-8,10,13,16,18H,9,11-12H2,1-4H3/t13-,16-,18-/m0/s1. The van der Waals surface area contributed by atoms with Gasteiger partial charge < -0.3 is 13.9 Å². The zero-order chi connectivity index (χ0) is 20.7. The highest BCUT2D eigenvalue weighted by atomic mass is 16.5. The number of rotatable bonds is 7. The number of amides is 2. The lowest BCUT2D eigenvalue weighted by atomic mass is 10.2. The Labute approximate surface area is 170 Å². The minimum Gasteiger partial charge on any atom is -0.497 e. The molecule has 0 unspecified atom stereocenters. The summed E-state index contributed by atoms with van der Waals surface area (Å²) in [5, 5.41) is 0. The predicted octanol–water partition coefficient (Wildman–Crippen LogP) is 3.18. The smallest absolute Gasteiger partial charge is 0.251 e. The Morgan fingerprint density at radius 2 is 1.93 bits per heavy atom. The molecule has 154 valence electrons. The molecular weight excluding hydrogens is 372 g/mol. The zero-order valence-corrected chi connectivity index (χ0v) is 17.2. The quantitative estimate of drug-likeness (QED) is 0.667. The molecular formula is C22H26N2O5. The van der Waals surface area contributed by atoms with Crippen LogP contribution in [-0.2, 0) is 16.1 Å². The SMILES string of the molecule is COc1ccc(N2C(=O)C[C@H](N(C)Cc3ccc([C@H]4C[C@@H]4C)o3)C2=O)c(OC)c1. The number of anilines is 1. The maximum absolute atomic E-state index is 13.1. The summed E-state index contributed by atoms with van der Waals surface area (Å²) >= 11 is 0. The van der Waals surface area contributed by atoms with Gasteiger partial charge in [-0.3, -0.25) is 14.5 Å². The molecule has 0 radical (unpaired) electrons. The summed E-state index contributed by atoms with van der Waals surface area (Å²) in [6, 6.07) is 8.48. The number of likely N-dealkylation sites (N-methyl/N-ethyl adjacent to an activating group) is 1. The van der Waals surface area contributed by atoms with Crippen molar-refractivity contribution in [3.63, 3.8) is 0 Å². The molecule has 1 aliphatic carbocycles. The Bertz CT molecular complexity index is 937. The topological polar surface area (TPSA) is 72.2 Å². The van der Waals surface area contributed by atoms with E-state index in [2.05, 4.69) is 6.92 Å². The van der Waals surface area contributed by atoms with Crippen LogP contribution in [0, 0.1) is 5.92 Å². The number of imide groups is 1. The van der Waals surface area contributed by atoms with E-state index in [9.17, 15) is 9.59 Å². The largest absolute Gasteiger partial charge is 0.497 e. The van der Waals surface area contributed by atoms with Crippen LogP contribution in [0.3, 0.4) is 0 Å². The molecule has 1 aromatic heterocycles. The lowest BCUT2D eigenvalue weighted by Gasteiger charge is -2.22. The molecule has 1 saturated carbocycles. The third-order valence-corrected chi connectivity index (χ3v) is 5.85.